The quantitative estimate of drug-likeness (QED) is 0.418. The molecule has 29 heavy (non-hydrogen) atoms. The fourth-order valence-corrected chi connectivity index (χ4v) is 3.80. The van der Waals surface area contributed by atoms with Crippen LogP contribution in [0.25, 0.3) is 11.4 Å². The number of carbonyl (C=O) groups is 1. The summed E-state index contributed by atoms with van der Waals surface area (Å²) in [5.41, 5.74) is 2.50. The minimum atomic E-state index is -0.659. The van der Waals surface area contributed by atoms with E-state index in [9.17, 15) is 9.59 Å². The summed E-state index contributed by atoms with van der Waals surface area (Å²) in [5, 5.41) is 0.230. The van der Waals surface area contributed by atoms with Crippen LogP contribution >= 0.6 is 11.6 Å². The summed E-state index contributed by atoms with van der Waals surface area (Å²) in [5.74, 6) is 0.233. The van der Waals surface area contributed by atoms with Gasteiger partial charge >= 0.3 is 5.97 Å². The average Bonchev–Trinajstić information content (AvgIpc) is 2.70. The second-order valence-electron chi connectivity index (χ2n) is 7.37. The number of carbonyl (C=O) groups excluding carboxylic acids is 1. The van der Waals surface area contributed by atoms with E-state index in [2.05, 4.69) is 23.8 Å². The molecule has 8 heteroatoms. The summed E-state index contributed by atoms with van der Waals surface area (Å²) in [4.78, 5) is 31.8. The summed E-state index contributed by atoms with van der Waals surface area (Å²) < 4.78 is 15.5. The molecule has 3 rings (SSSR count). The third-order valence-corrected chi connectivity index (χ3v) is 5.40. The van der Waals surface area contributed by atoms with E-state index in [1.165, 1.54) is 7.11 Å². The lowest BCUT2D eigenvalue weighted by Gasteiger charge is -2.30. The monoisotopic (exact) mass is 420 g/mol. The Morgan fingerprint density at radius 1 is 1.31 bits per heavy atom. The molecule has 7 nitrogen and oxygen atoms in total. The van der Waals surface area contributed by atoms with Crippen LogP contribution in [0.15, 0.2) is 16.9 Å². The van der Waals surface area contributed by atoms with Crippen molar-refractivity contribution in [3.05, 3.63) is 44.3 Å². The fraction of sp³-hybridized carbons (Fsp3) is 0.476. The summed E-state index contributed by atoms with van der Waals surface area (Å²) in [6, 6.07) is 3.51. The van der Waals surface area contributed by atoms with Crippen LogP contribution in [0.3, 0.4) is 0 Å². The van der Waals surface area contributed by atoms with Crippen molar-refractivity contribution < 1.29 is 19.0 Å². The second kappa shape index (κ2) is 8.97. The number of halogens is 1. The van der Waals surface area contributed by atoms with Gasteiger partial charge in [-0.15, -0.1) is 0 Å². The van der Waals surface area contributed by atoms with Gasteiger partial charge in [-0.3, -0.25) is 4.79 Å². The van der Waals surface area contributed by atoms with Crippen molar-refractivity contribution >= 4 is 17.6 Å². The van der Waals surface area contributed by atoms with Crippen LogP contribution in [-0.4, -0.2) is 43.4 Å². The molecular formula is C21H25ClN2O5. The number of nitrogens with one attached hydrogen (secondary N) is 1. The third kappa shape index (κ3) is 4.31. The number of rotatable bonds is 7. The first-order chi connectivity index (χ1) is 13.9. The highest BCUT2D eigenvalue weighted by atomic mass is 35.5. The Balaban J connectivity index is 2.07. The molecule has 0 amide bonds. The molecule has 0 aromatic carbocycles. The first-order valence-corrected chi connectivity index (χ1v) is 9.92. The van der Waals surface area contributed by atoms with Crippen LogP contribution < -0.4 is 10.3 Å². The number of esters is 1. The number of hydrogen-bond donors (Lipinski definition) is 1. The van der Waals surface area contributed by atoms with E-state index < -0.39 is 11.5 Å². The molecule has 0 fully saturated rings. The van der Waals surface area contributed by atoms with Crippen LogP contribution in [-0.2, 0) is 15.9 Å². The maximum Gasteiger partial charge on any atom is 0.343 e. The van der Waals surface area contributed by atoms with Gasteiger partial charge in [-0.1, -0.05) is 25.4 Å². The van der Waals surface area contributed by atoms with Crippen molar-refractivity contribution in [2.75, 3.05) is 27.4 Å². The maximum atomic E-state index is 12.5. The molecule has 2 heterocycles. The molecule has 2 aromatic heterocycles. The standard InChI is InChI=1S/C21H25ClN2O5/c1-11(2)13-8-12-9-16(29-7-5-6-27-3)19(22)23-17(12)18-14(13)10-15(20(25)24-18)21(26)28-4/h9-11,13H,5-8H2,1-4H3,(H,24,25). The number of methoxy groups -OCH3 is 2. The molecule has 1 aliphatic rings. The summed E-state index contributed by atoms with van der Waals surface area (Å²) in [7, 11) is 2.90. The summed E-state index contributed by atoms with van der Waals surface area (Å²) in [6.45, 7) is 5.28. The van der Waals surface area contributed by atoms with Gasteiger partial charge in [0.1, 0.15) is 5.56 Å². The van der Waals surface area contributed by atoms with E-state index >= 15 is 0 Å². The zero-order chi connectivity index (χ0) is 21.1. The summed E-state index contributed by atoms with van der Waals surface area (Å²) in [6.07, 6.45) is 1.44. The Bertz CT molecular complexity index is 970. The van der Waals surface area contributed by atoms with Crippen molar-refractivity contribution in [3.8, 4) is 17.1 Å². The van der Waals surface area contributed by atoms with Crippen molar-refractivity contribution in [1.82, 2.24) is 9.97 Å². The van der Waals surface area contributed by atoms with Crippen molar-refractivity contribution in [2.45, 2.75) is 32.6 Å². The topological polar surface area (TPSA) is 90.5 Å². The van der Waals surface area contributed by atoms with Crippen molar-refractivity contribution in [3.63, 3.8) is 0 Å². The van der Waals surface area contributed by atoms with Crippen LogP contribution in [0.1, 0.15) is 47.7 Å². The van der Waals surface area contributed by atoms with Gasteiger partial charge in [-0.05, 0) is 41.5 Å². The average molecular weight is 421 g/mol. The molecule has 1 aliphatic carbocycles. The molecule has 156 valence electrons. The molecule has 1 atom stereocenters. The number of nitrogens with zero attached hydrogens (tertiary/aromatic N) is 1. The maximum absolute atomic E-state index is 12.5. The number of ether oxygens (including phenoxy) is 3. The molecule has 0 radical (unpaired) electrons. The Morgan fingerprint density at radius 2 is 2.07 bits per heavy atom. The van der Waals surface area contributed by atoms with E-state index in [4.69, 9.17) is 25.8 Å². The van der Waals surface area contributed by atoms with E-state index in [0.717, 1.165) is 17.5 Å². The number of pyridine rings is 2. The Labute approximate surface area is 174 Å². The molecule has 0 spiro atoms. The van der Waals surface area contributed by atoms with Gasteiger partial charge in [-0.25, -0.2) is 9.78 Å². The highest BCUT2D eigenvalue weighted by Gasteiger charge is 2.31. The van der Waals surface area contributed by atoms with Crippen LogP contribution in [0.2, 0.25) is 5.15 Å². The second-order valence-corrected chi connectivity index (χ2v) is 7.73. The van der Waals surface area contributed by atoms with Gasteiger partial charge in [0.25, 0.3) is 5.56 Å². The van der Waals surface area contributed by atoms with Gasteiger partial charge < -0.3 is 19.2 Å². The smallest absolute Gasteiger partial charge is 0.343 e. The summed E-state index contributed by atoms with van der Waals surface area (Å²) >= 11 is 6.35. The Morgan fingerprint density at radius 3 is 2.72 bits per heavy atom. The van der Waals surface area contributed by atoms with Crippen molar-refractivity contribution in [1.29, 1.82) is 0 Å². The first kappa shape index (κ1) is 21.3. The molecule has 1 unspecified atom stereocenters. The highest BCUT2D eigenvalue weighted by molar-refractivity contribution is 6.31. The van der Waals surface area contributed by atoms with E-state index in [-0.39, 0.29) is 22.6 Å². The Kier molecular flexibility index (Phi) is 6.59. The minimum Gasteiger partial charge on any atom is -0.490 e. The van der Waals surface area contributed by atoms with Gasteiger partial charge in [0.2, 0.25) is 0 Å². The molecule has 0 bridgehead atoms. The number of aromatic amines is 1. The molecular weight excluding hydrogens is 396 g/mol. The lowest BCUT2D eigenvalue weighted by atomic mass is 9.77. The molecule has 1 N–H and O–H groups in total. The van der Waals surface area contributed by atoms with E-state index in [1.807, 2.05) is 6.07 Å². The van der Waals surface area contributed by atoms with Crippen LogP contribution in [0.5, 0.6) is 5.75 Å². The van der Waals surface area contributed by atoms with Crippen molar-refractivity contribution in [2.24, 2.45) is 5.92 Å². The molecule has 0 aliphatic heterocycles. The van der Waals surface area contributed by atoms with Gasteiger partial charge in [0.15, 0.2) is 10.9 Å². The number of aromatic nitrogens is 2. The van der Waals surface area contributed by atoms with Gasteiger partial charge in [-0.2, -0.15) is 0 Å². The molecule has 0 saturated heterocycles. The largest absolute Gasteiger partial charge is 0.490 e. The zero-order valence-electron chi connectivity index (χ0n) is 17.0. The third-order valence-electron chi connectivity index (χ3n) is 5.13. The van der Waals surface area contributed by atoms with Crippen LogP contribution in [0.4, 0.5) is 0 Å². The SMILES string of the molecule is COCCCOc1cc2c(nc1Cl)-c1[nH]c(=O)c(C(=O)OC)cc1C(C(C)C)C2. The number of H-pyrrole nitrogens is 1. The zero-order valence-corrected chi connectivity index (χ0v) is 17.8. The lowest BCUT2D eigenvalue weighted by molar-refractivity contribution is 0.0598. The predicted octanol–water partition coefficient (Wildman–Crippen LogP) is 3.59. The minimum absolute atomic E-state index is 0.00968. The first-order valence-electron chi connectivity index (χ1n) is 9.54. The normalized spacial score (nSPS) is 15.0. The highest BCUT2D eigenvalue weighted by Crippen LogP contribution is 2.43. The predicted molar refractivity (Wildman–Crippen MR) is 110 cm³/mol. The lowest BCUT2D eigenvalue weighted by Crippen LogP contribution is -2.26. The fourth-order valence-electron chi connectivity index (χ4n) is 3.61. The van der Waals surface area contributed by atoms with Gasteiger partial charge in [0, 0.05) is 20.1 Å². The number of fused-ring (bicyclic) bond motifs is 3. The van der Waals surface area contributed by atoms with Gasteiger partial charge in [0.05, 0.1) is 25.1 Å². The Hall–Kier alpha value is -2.38. The number of hydrogen-bond acceptors (Lipinski definition) is 6. The van der Waals surface area contributed by atoms with E-state index in [1.54, 1.807) is 13.2 Å². The molecule has 2 aromatic rings. The molecule has 0 saturated carbocycles. The van der Waals surface area contributed by atoms with Crippen LogP contribution in [0, 0.1) is 5.92 Å². The van der Waals surface area contributed by atoms with E-state index in [0.29, 0.717) is 36.8 Å².